The summed E-state index contributed by atoms with van der Waals surface area (Å²) in [6, 6.07) is 0. The summed E-state index contributed by atoms with van der Waals surface area (Å²) in [6.45, 7) is 13.8. The maximum absolute atomic E-state index is 11.6. The zero-order valence-electron chi connectivity index (χ0n) is 12.7. The fourth-order valence-electron chi connectivity index (χ4n) is 2.82. The Balaban J connectivity index is 3.04. The highest BCUT2D eigenvalue weighted by molar-refractivity contribution is 6.77. The topological polar surface area (TPSA) is 43.8 Å². The predicted octanol–water partition coefficient (Wildman–Crippen LogP) is 3.41. The van der Waals surface area contributed by atoms with Gasteiger partial charge in [-0.1, -0.05) is 26.1 Å². The lowest BCUT2D eigenvalue weighted by molar-refractivity contribution is -0.0888. The average molecular weight is 272 g/mol. The van der Waals surface area contributed by atoms with Gasteiger partial charge in [0, 0.05) is 12.2 Å². The monoisotopic (exact) mass is 272 g/mol. The van der Waals surface area contributed by atoms with E-state index in [1.54, 1.807) is 5.01 Å². The van der Waals surface area contributed by atoms with Gasteiger partial charge in [0.05, 0.1) is 13.6 Å². The van der Waals surface area contributed by atoms with Crippen LogP contribution in [0.3, 0.4) is 0 Å². The molecule has 0 aromatic carbocycles. The van der Waals surface area contributed by atoms with E-state index in [2.05, 4.69) is 24.6 Å². The van der Waals surface area contributed by atoms with E-state index in [0.29, 0.717) is 5.67 Å². The molecule has 5 heteroatoms. The highest BCUT2D eigenvalue weighted by atomic mass is 28.3. The Morgan fingerprint density at radius 1 is 1.28 bits per heavy atom. The van der Waals surface area contributed by atoms with Crippen LogP contribution < -0.4 is 0 Å². The van der Waals surface area contributed by atoms with Crippen molar-refractivity contribution in [2.75, 3.05) is 6.54 Å². The third-order valence-corrected chi connectivity index (χ3v) is 6.13. The zero-order chi connectivity index (χ0) is 14.1. The molecule has 1 atom stereocenters. The molecular formula is C13H28N2O2Si. The molecule has 1 aliphatic heterocycles. The zero-order valence-corrected chi connectivity index (χ0v) is 13.7. The van der Waals surface area contributed by atoms with Crippen LogP contribution in [-0.2, 0) is 0 Å². The molecule has 1 unspecified atom stereocenters. The van der Waals surface area contributed by atoms with Crippen molar-refractivity contribution in [3.63, 3.8) is 0 Å². The van der Waals surface area contributed by atoms with E-state index in [1.165, 1.54) is 6.42 Å². The van der Waals surface area contributed by atoms with Crippen molar-refractivity contribution in [1.29, 1.82) is 0 Å². The molecule has 1 rings (SSSR count). The minimum Gasteiger partial charge on any atom is -0.464 e. The molecule has 106 valence electrons. The highest BCUT2D eigenvalue weighted by Gasteiger charge is 2.42. The Bertz CT molecular complexity index is 307. The second-order valence-corrected chi connectivity index (χ2v) is 12.7. The normalized spacial score (nSPS) is 22.9. The molecule has 0 aromatic rings. The lowest BCUT2D eigenvalue weighted by atomic mass is 10.1. The molecule has 0 radical (unpaired) electrons. The summed E-state index contributed by atoms with van der Waals surface area (Å²) in [5, 5.41) is 13.2. The summed E-state index contributed by atoms with van der Waals surface area (Å²) in [6.07, 6.45) is 2.63. The molecule has 0 aromatic heterocycles. The van der Waals surface area contributed by atoms with Crippen molar-refractivity contribution in [3.05, 3.63) is 0 Å². The van der Waals surface area contributed by atoms with E-state index in [1.807, 2.05) is 20.8 Å². The molecule has 0 bridgehead atoms. The van der Waals surface area contributed by atoms with Gasteiger partial charge in [-0.05, 0) is 33.6 Å². The molecular weight excluding hydrogens is 244 g/mol. The number of amides is 1. The van der Waals surface area contributed by atoms with Gasteiger partial charge in [-0.3, -0.25) is 0 Å². The quantitative estimate of drug-likeness (QED) is 0.783. The molecule has 0 spiro atoms. The molecule has 4 nitrogen and oxygen atoms in total. The molecule has 0 saturated carbocycles. The number of piperidine rings is 1. The first-order valence-corrected chi connectivity index (χ1v) is 10.4. The van der Waals surface area contributed by atoms with Crippen LogP contribution >= 0.6 is 0 Å². The van der Waals surface area contributed by atoms with Crippen LogP contribution in [0.2, 0.25) is 19.6 Å². The minimum atomic E-state index is -1.39. The summed E-state index contributed by atoms with van der Waals surface area (Å²) >= 11 is 0. The van der Waals surface area contributed by atoms with Crippen molar-refractivity contribution in [3.8, 4) is 0 Å². The standard InChI is InChI=1S/C13H28N2O2Si/c1-13(2,3)15(12(16)17)14-10-8-7-9-11(14)18(4,5)6/h11H,7-10H2,1-6H3,(H,16,17). The number of hydrazine groups is 1. The van der Waals surface area contributed by atoms with Crippen LogP contribution in [0, 0.1) is 0 Å². The minimum absolute atomic E-state index is 0.374. The number of carboxylic acid groups (broad SMARTS) is 1. The van der Waals surface area contributed by atoms with E-state index in [0.717, 1.165) is 19.4 Å². The highest BCUT2D eigenvalue weighted by Crippen LogP contribution is 2.30. The summed E-state index contributed by atoms with van der Waals surface area (Å²) in [7, 11) is -1.39. The smallest absolute Gasteiger partial charge is 0.422 e. The second kappa shape index (κ2) is 5.21. The summed E-state index contributed by atoms with van der Waals surface area (Å²) < 4.78 is 0. The molecule has 1 saturated heterocycles. The van der Waals surface area contributed by atoms with Crippen molar-refractivity contribution >= 4 is 14.2 Å². The van der Waals surface area contributed by atoms with Crippen molar-refractivity contribution in [1.82, 2.24) is 10.0 Å². The van der Waals surface area contributed by atoms with Gasteiger partial charge in [0.25, 0.3) is 0 Å². The molecule has 1 heterocycles. The van der Waals surface area contributed by atoms with Gasteiger partial charge in [-0.2, -0.15) is 0 Å². The van der Waals surface area contributed by atoms with Crippen molar-refractivity contribution in [2.45, 2.75) is 70.9 Å². The van der Waals surface area contributed by atoms with Crippen LogP contribution in [0.5, 0.6) is 0 Å². The summed E-state index contributed by atoms with van der Waals surface area (Å²) in [4.78, 5) is 11.6. The number of nitrogens with zero attached hydrogens (tertiary/aromatic N) is 2. The van der Waals surface area contributed by atoms with Crippen molar-refractivity contribution in [2.24, 2.45) is 0 Å². The third-order valence-electron chi connectivity index (χ3n) is 3.55. The first kappa shape index (κ1) is 15.5. The Morgan fingerprint density at radius 3 is 2.22 bits per heavy atom. The third kappa shape index (κ3) is 3.48. The lowest BCUT2D eigenvalue weighted by Gasteiger charge is -2.50. The summed E-state index contributed by atoms with van der Waals surface area (Å²) in [5.41, 5.74) is 0.0581. The van der Waals surface area contributed by atoms with E-state index in [9.17, 15) is 9.90 Å². The van der Waals surface area contributed by atoms with Gasteiger partial charge in [0.2, 0.25) is 0 Å². The molecule has 1 aliphatic rings. The van der Waals surface area contributed by atoms with Gasteiger partial charge < -0.3 is 5.11 Å². The van der Waals surface area contributed by atoms with Crippen molar-refractivity contribution < 1.29 is 9.90 Å². The van der Waals surface area contributed by atoms with E-state index in [4.69, 9.17) is 0 Å². The van der Waals surface area contributed by atoms with Gasteiger partial charge in [-0.25, -0.2) is 14.8 Å². The Labute approximate surface area is 112 Å². The van der Waals surface area contributed by atoms with Gasteiger partial charge in [-0.15, -0.1) is 0 Å². The average Bonchev–Trinajstić information content (AvgIpc) is 2.13. The lowest BCUT2D eigenvalue weighted by Crippen LogP contribution is -2.65. The maximum atomic E-state index is 11.6. The first-order chi connectivity index (χ1) is 8.05. The fourth-order valence-corrected chi connectivity index (χ4v) is 5.03. The van der Waals surface area contributed by atoms with Crippen LogP contribution in [0.4, 0.5) is 4.79 Å². The van der Waals surface area contributed by atoms with Crippen LogP contribution in [-0.4, -0.2) is 47.0 Å². The number of hydrogen-bond acceptors (Lipinski definition) is 2. The molecule has 1 fully saturated rings. The van der Waals surface area contributed by atoms with Crippen LogP contribution in [0.1, 0.15) is 40.0 Å². The molecule has 0 aliphatic carbocycles. The largest absolute Gasteiger partial charge is 0.464 e. The summed E-state index contributed by atoms with van der Waals surface area (Å²) in [5.74, 6) is 0. The van der Waals surface area contributed by atoms with Crippen LogP contribution in [0.25, 0.3) is 0 Å². The number of rotatable bonds is 2. The van der Waals surface area contributed by atoms with Gasteiger partial charge in [0.1, 0.15) is 0 Å². The van der Waals surface area contributed by atoms with E-state index >= 15 is 0 Å². The number of hydrogen-bond donors (Lipinski definition) is 1. The SMILES string of the molecule is CC(C)(C)N(C(=O)O)N1CCCCC1[Si](C)(C)C. The molecule has 1 amide bonds. The fraction of sp³-hybridized carbons (Fsp3) is 0.923. The predicted molar refractivity (Wildman–Crippen MR) is 77.3 cm³/mol. The second-order valence-electron chi connectivity index (χ2n) is 7.31. The Kier molecular flexibility index (Phi) is 4.49. The van der Waals surface area contributed by atoms with Crippen LogP contribution in [0.15, 0.2) is 0 Å². The maximum Gasteiger partial charge on any atom is 0.422 e. The number of carbonyl (C=O) groups is 1. The molecule has 18 heavy (non-hydrogen) atoms. The van der Waals surface area contributed by atoms with E-state index in [-0.39, 0.29) is 5.54 Å². The van der Waals surface area contributed by atoms with Gasteiger partial charge >= 0.3 is 6.09 Å². The Hall–Kier alpha value is -0.553. The van der Waals surface area contributed by atoms with E-state index < -0.39 is 14.2 Å². The molecule has 1 N–H and O–H groups in total. The first-order valence-electron chi connectivity index (χ1n) is 6.85. The van der Waals surface area contributed by atoms with Gasteiger partial charge in [0.15, 0.2) is 0 Å². The Morgan fingerprint density at radius 2 is 1.83 bits per heavy atom.